The molecule has 0 aromatic heterocycles. The molecule has 0 radical (unpaired) electrons. The normalized spacial score (nSPS) is 18.8. The summed E-state index contributed by atoms with van der Waals surface area (Å²) in [5.74, 6) is -0.503. The molecule has 0 amide bonds. The second-order valence-electron chi connectivity index (χ2n) is 3.65. The standard InChI is InChI=1S/C9H13NO3/c1-6(2)7(11)13-8-10-9(3,4)5-12-8/h1,5H2,2-4H3. The Labute approximate surface area is 77.2 Å². The smallest absolute Gasteiger partial charge is 0.392 e. The molecule has 1 rings (SSSR count). The van der Waals surface area contributed by atoms with Crippen molar-refractivity contribution in [3.63, 3.8) is 0 Å². The molecule has 0 unspecified atom stereocenters. The quantitative estimate of drug-likeness (QED) is 0.454. The van der Waals surface area contributed by atoms with Gasteiger partial charge in [0.15, 0.2) is 0 Å². The van der Waals surface area contributed by atoms with Crippen molar-refractivity contribution in [1.82, 2.24) is 0 Å². The van der Waals surface area contributed by atoms with E-state index in [1.165, 1.54) is 0 Å². The summed E-state index contributed by atoms with van der Waals surface area (Å²) in [5, 5.41) is 0. The molecule has 0 saturated carbocycles. The van der Waals surface area contributed by atoms with Crippen LogP contribution in [0.3, 0.4) is 0 Å². The molecule has 1 aliphatic rings. The number of carbonyl (C=O) groups excluding carboxylic acids is 1. The first-order valence-electron chi connectivity index (χ1n) is 4.01. The average molecular weight is 183 g/mol. The second kappa shape index (κ2) is 3.20. The summed E-state index contributed by atoms with van der Waals surface area (Å²) in [5.41, 5.74) is 0.0287. The Balaban J connectivity index is 2.58. The fourth-order valence-electron chi connectivity index (χ4n) is 0.769. The molecule has 0 atom stereocenters. The van der Waals surface area contributed by atoms with Crippen LogP contribution >= 0.6 is 0 Å². The van der Waals surface area contributed by atoms with E-state index in [4.69, 9.17) is 9.47 Å². The lowest BCUT2D eigenvalue weighted by Crippen LogP contribution is -2.17. The van der Waals surface area contributed by atoms with Crippen molar-refractivity contribution in [3.8, 4) is 0 Å². The number of nitrogens with zero attached hydrogens (tertiary/aromatic N) is 1. The molecule has 0 aromatic rings. The minimum atomic E-state index is -0.503. The summed E-state index contributed by atoms with van der Waals surface area (Å²) < 4.78 is 9.85. The average Bonchev–Trinajstić information content (AvgIpc) is 2.30. The van der Waals surface area contributed by atoms with Gasteiger partial charge in [0, 0.05) is 5.57 Å². The van der Waals surface area contributed by atoms with E-state index in [-0.39, 0.29) is 11.6 Å². The molecule has 1 aliphatic heterocycles. The van der Waals surface area contributed by atoms with Gasteiger partial charge in [-0.15, -0.1) is 0 Å². The largest absolute Gasteiger partial charge is 0.448 e. The molecular formula is C9H13NO3. The Morgan fingerprint density at radius 3 is 2.69 bits per heavy atom. The zero-order chi connectivity index (χ0) is 10.1. The number of hydrogen-bond acceptors (Lipinski definition) is 4. The lowest BCUT2D eigenvalue weighted by atomic mass is 10.1. The van der Waals surface area contributed by atoms with E-state index >= 15 is 0 Å². The van der Waals surface area contributed by atoms with Gasteiger partial charge in [-0.05, 0) is 20.8 Å². The molecule has 4 heteroatoms. The van der Waals surface area contributed by atoms with Crippen molar-refractivity contribution >= 4 is 12.1 Å². The highest BCUT2D eigenvalue weighted by atomic mass is 16.7. The number of aliphatic imine (C=N–C) groups is 1. The van der Waals surface area contributed by atoms with Gasteiger partial charge in [0.25, 0.3) is 0 Å². The van der Waals surface area contributed by atoms with E-state index in [0.717, 1.165) is 0 Å². The van der Waals surface area contributed by atoms with Gasteiger partial charge < -0.3 is 9.47 Å². The fraction of sp³-hybridized carbons (Fsp3) is 0.556. The Hall–Kier alpha value is -1.32. The third-order valence-electron chi connectivity index (χ3n) is 1.47. The summed E-state index contributed by atoms with van der Waals surface area (Å²) in [6, 6.07) is 0. The van der Waals surface area contributed by atoms with Crippen molar-refractivity contribution in [1.29, 1.82) is 0 Å². The van der Waals surface area contributed by atoms with Crippen LogP contribution in [0.15, 0.2) is 17.1 Å². The molecular weight excluding hydrogens is 170 g/mol. The predicted molar refractivity (Wildman–Crippen MR) is 48.4 cm³/mol. The van der Waals surface area contributed by atoms with Crippen LogP contribution in [0.5, 0.6) is 0 Å². The minimum Gasteiger partial charge on any atom is -0.448 e. The molecule has 0 aliphatic carbocycles. The zero-order valence-electron chi connectivity index (χ0n) is 8.09. The van der Waals surface area contributed by atoms with Crippen molar-refractivity contribution in [2.45, 2.75) is 26.3 Å². The van der Waals surface area contributed by atoms with Crippen LogP contribution in [0.25, 0.3) is 0 Å². The van der Waals surface area contributed by atoms with Gasteiger partial charge in [-0.1, -0.05) is 6.58 Å². The van der Waals surface area contributed by atoms with Crippen LogP contribution in [0.4, 0.5) is 0 Å². The van der Waals surface area contributed by atoms with Gasteiger partial charge in [0.1, 0.15) is 6.61 Å². The van der Waals surface area contributed by atoms with Crippen molar-refractivity contribution in [3.05, 3.63) is 12.2 Å². The summed E-state index contributed by atoms with van der Waals surface area (Å²) in [7, 11) is 0. The number of ether oxygens (including phenoxy) is 2. The highest BCUT2D eigenvalue weighted by Gasteiger charge is 2.28. The monoisotopic (exact) mass is 183 g/mol. The van der Waals surface area contributed by atoms with Crippen LogP contribution < -0.4 is 0 Å². The summed E-state index contributed by atoms with van der Waals surface area (Å²) >= 11 is 0. The van der Waals surface area contributed by atoms with Gasteiger partial charge in [0.05, 0.1) is 5.54 Å². The molecule has 4 nitrogen and oxygen atoms in total. The lowest BCUT2D eigenvalue weighted by molar-refractivity contribution is -0.132. The first-order valence-corrected chi connectivity index (χ1v) is 4.01. The molecule has 0 spiro atoms. The highest BCUT2D eigenvalue weighted by Crippen LogP contribution is 2.17. The maximum absolute atomic E-state index is 11.0. The van der Waals surface area contributed by atoms with Crippen LogP contribution in [0, 0.1) is 0 Å². The zero-order valence-corrected chi connectivity index (χ0v) is 8.09. The molecule has 72 valence electrons. The second-order valence-corrected chi connectivity index (χ2v) is 3.65. The maximum Gasteiger partial charge on any atom is 0.392 e. The maximum atomic E-state index is 11.0. The van der Waals surface area contributed by atoms with Crippen molar-refractivity contribution in [2.75, 3.05) is 6.61 Å². The molecule has 0 bridgehead atoms. The van der Waals surface area contributed by atoms with E-state index in [9.17, 15) is 4.79 Å². The Morgan fingerprint density at radius 2 is 2.31 bits per heavy atom. The highest BCUT2D eigenvalue weighted by molar-refractivity contribution is 5.95. The Morgan fingerprint density at radius 1 is 1.69 bits per heavy atom. The van der Waals surface area contributed by atoms with Crippen LogP contribution in [0.1, 0.15) is 20.8 Å². The molecule has 0 aromatic carbocycles. The van der Waals surface area contributed by atoms with Crippen molar-refractivity contribution in [2.24, 2.45) is 4.99 Å². The van der Waals surface area contributed by atoms with Gasteiger partial charge in [-0.3, -0.25) is 0 Å². The Kier molecular flexibility index (Phi) is 2.40. The first-order chi connectivity index (χ1) is 5.91. The van der Waals surface area contributed by atoms with Gasteiger partial charge in [-0.25, -0.2) is 9.79 Å². The van der Waals surface area contributed by atoms with E-state index in [2.05, 4.69) is 11.6 Å². The third-order valence-corrected chi connectivity index (χ3v) is 1.47. The summed E-state index contributed by atoms with van der Waals surface area (Å²) in [6.45, 7) is 9.25. The van der Waals surface area contributed by atoms with E-state index in [0.29, 0.717) is 12.2 Å². The fourth-order valence-corrected chi connectivity index (χ4v) is 0.769. The van der Waals surface area contributed by atoms with Gasteiger partial charge in [0.2, 0.25) is 0 Å². The SMILES string of the molecule is C=C(C)C(=O)OC1=NC(C)(C)CO1. The summed E-state index contributed by atoms with van der Waals surface area (Å²) in [4.78, 5) is 15.1. The van der Waals surface area contributed by atoms with Gasteiger partial charge in [-0.2, -0.15) is 0 Å². The van der Waals surface area contributed by atoms with E-state index in [1.807, 2.05) is 13.8 Å². The molecule has 0 N–H and O–H groups in total. The van der Waals surface area contributed by atoms with E-state index in [1.54, 1.807) is 6.92 Å². The minimum absolute atomic E-state index is 0.0398. The molecule has 1 heterocycles. The number of esters is 1. The lowest BCUT2D eigenvalue weighted by Gasteiger charge is -2.06. The predicted octanol–water partition coefficient (Wildman–Crippen LogP) is 1.27. The Bertz CT molecular complexity index is 279. The van der Waals surface area contributed by atoms with Crippen LogP contribution in [-0.4, -0.2) is 24.2 Å². The first kappa shape index (κ1) is 9.77. The van der Waals surface area contributed by atoms with E-state index < -0.39 is 5.97 Å². The molecule has 13 heavy (non-hydrogen) atoms. The van der Waals surface area contributed by atoms with Crippen LogP contribution in [0.2, 0.25) is 0 Å². The third kappa shape index (κ3) is 2.57. The van der Waals surface area contributed by atoms with Crippen LogP contribution in [-0.2, 0) is 14.3 Å². The molecule has 0 fully saturated rings. The van der Waals surface area contributed by atoms with Gasteiger partial charge >= 0.3 is 12.1 Å². The number of carbonyl (C=O) groups is 1. The summed E-state index contributed by atoms with van der Waals surface area (Å²) in [6.07, 6.45) is 0.0398. The number of hydrogen-bond donors (Lipinski definition) is 0. The topological polar surface area (TPSA) is 47.9 Å². The van der Waals surface area contributed by atoms with Crippen molar-refractivity contribution < 1.29 is 14.3 Å². The molecule has 0 saturated heterocycles. The number of rotatable bonds is 1.